The molecule has 1 heterocycles. The summed E-state index contributed by atoms with van der Waals surface area (Å²) in [5.41, 5.74) is 0.893. The van der Waals surface area contributed by atoms with Crippen molar-refractivity contribution in [1.82, 2.24) is 0 Å². The van der Waals surface area contributed by atoms with Gasteiger partial charge in [0.05, 0.1) is 18.7 Å². The van der Waals surface area contributed by atoms with E-state index in [1.54, 1.807) is 31.2 Å². The van der Waals surface area contributed by atoms with Crippen LogP contribution in [0.1, 0.15) is 35.7 Å². The Morgan fingerprint density at radius 3 is 2.26 bits per heavy atom. The standard InChI is InChI=1S/C21H22INO4/c1-15(22)19(24)26-18-9-7-16(8-10-18)20(25)27-21(11-13-23-14-12-21)17-5-3-2-4-6-17/h2-10,15,23H,11-14H2,1H3/p+1. The summed E-state index contributed by atoms with van der Waals surface area (Å²) in [5.74, 6) is -0.251. The van der Waals surface area contributed by atoms with Gasteiger partial charge in [0.1, 0.15) is 15.3 Å². The Morgan fingerprint density at radius 1 is 1.04 bits per heavy atom. The topological polar surface area (TPSA) is 69.2 Å². The maximum Gasteiger partial charge on any atom is 0.339 e. The quantitative estimate of drug-likeness (QED) is 0.310. The summed E-state index contributed by atoms with van der Waals surface area (Å²) in [4.78, 5) is 24.5. The van der Waals surface area contributed by atoms with E-state index in [0.29, 0.717) is 11.3 Å². The van der Waals surface area contributed by atoms with E-state index < -0.39 is 5.60 Å². The molecule has 27 heavy (non-hydrogen) atoms. The molecular formula is C21H23INO4+. The van der Waals surface area contributed by atoms with Crippen LogP contribution >= 0.6 is 22.6 Å². The van der Waals surface area contributed by atoms with Gasteiger partial charge in [0.25, 0.3) is 0 Å². The van der Waals surface area contributed by atoms with Crippen LogP contribution in [0.2, 0.25) is 0 Å². The van der Waals surface area contributed by atoms with E-state index in [1.807, 2.05) is 52.9 Å². The summed E-state index contributed by atoms with van der Waals surface area (Å²) in [7, 11) is 0. The average molecular weight is 480 g/mol. The van der Waals surface area contributed by atoms with E-state index in [-0.39, 0.29) is 15.9 Å². The maximum atomic E-state index is 12.8. The molecule has 0 saturated carbocycles. The van der Waals surface area contributed by atoms with E-state index >= 15 is 0 Å². The number of ether oxygens (including phenoxy) is 2. The molecule has 1 unspecified atom stereocenters. The SMILES string of the molecule is CC(I)C(=O)Oc1ccc(C(=O)OC2(c3ccccc3)CC[NH2+]CC2)cc1. The highest BCUT2D eigenvalue weighted by atomic mass is 127. The van der Waals surface area contributed by atoms with Crippen LogP contribution in [0.5, 0.6) is 5.75 Å². The molecule has 3 rings (SSSR count). The van der Waals surface area contributed by atoms with Gasteiger partial charge in [-0.15, -0.1) is 0 Å². The first-order valence-electron chi connectivity index (χ1n) is 9.06. The number of carbonyl (C=O) groups is 2. The predicted octanol–water partition coefficient (Wildman–Crippen LogP) is 2.83. The molecule has 0 radical (unpaired) electrons. The Hall–Kier alpha value is -1.93. The normalized spacial score (nSPS) is 17.0. The van der Waals surface area contributed by atoms with Crippen molar-refractivity contribution in [3.63, 3.8) is 0 Å². The lowest BCUT2D eigenvalue weighted by molar-refractivity contribution is -0.668. The van der Waals surface area contributed by atoms with Crippen LogP contribution in [0.25, 0.3) is 0 Å². The number of hydrogen-bond donors (Lipinski definition) is 1. The lowest BCUT2D eigenvalue weighted by Gasteiger charge is -2.36. The molecule has 2 aromatic rings. The number of quaternary nitrogens is 1. The van der Waals surface area contributed by atoms with E-state index in [0.717, 1.165) is 31.5 Å². The molecule has 2 aromatic carbocycles. The van der Waals surface area contributed by atoms with Gasteiger partial charge < -0.3 is 14.8 Å². The van der Waals surface area contributed by atoms with Crippen molar-refractivity contribution < 1.29 is 24.4 Å². The minimum atomic E-state index is -0.588. The molecule has 1 atom stereocenters. The van der Waals surface area contributed by atoms with Crippen molar-refractivity contribution in [2.75, 3.05) is 13.1 Å². The third-order valence-corrected chi connectivity index (χ3v) is 5.23. The molecule has 5 nitrogen and oxygen atoms in total. The first kappa shape index (κ1) is 19.8. The summed E-state index contributed by atoms with van der Waals surface area (Å²) in [6.45, 7) is 3.61. The zero-order valence-electron chi connectivity index (χ0n) is 15.2. The third kappa shape index (κ3) is 4.87. The van der Waals surface area contributed by atoms with Crippen molar-refractivity contribution in [2.45, 2.75) is 29.3 Å². The minimum absolute atomic E-state index is 0.235. The molecule has 2 N–H and O–H groups in total. The van der Waals surface area contributed by atoms with Gasteiger partial charge in [-0.05, 0) is 36.8 Å². The fraction of sp³-hybridized carbons (Fsp3) is 0.333. The van der Waals surface area contributed by atoms with E-state index in [1.165, 1.54) is 0 Å². The summed E-state index contributed by atoms with van der Waals surface area (Å²) < 4.78 is 11.1. The molecule has 142 valence electrons. The van der Waals surface area contributed by atoms with Crippen molar-refractivity contribution in [3.05, 3.63) is 65.7 Å². The molecule has 0 aromatic heterocycles. The molecule has 1 aliphatic rings. The van der Waals surface area contributed by atoms with Crippen LogP contribution in [0, 0.1) is 0 Å². The van der Waals surface area contributed by atoms with Crippen LogP contribution in [0.15, 0.2) is 54.6 Å². The smallest absolute Gasteiger partial charge is 0.339 e. The number of piperidine rings is 1. The molecule has 1 aliphatic heterocycles. The van der Waals surface area contributed by atoms with Crippen LogP contribution in [0.3, 0.4) is 0 Å². The van der Waals surface area contributed by atoms with Crippen LogP contribution < -0.4 is 10.1 Å². The number of hydrogen-bond acceptors (Lipinski definition) is 4. The Morgan fingerprint density at radius 2 is 1.67 bits per heavy atom. The highest BCUT2D eigenvalue weighted by Gasteiger charge is 2.39. The Kier molecular flexibility index (Phi) is 6.49. The molecule has 0 amide bonds. The lowest BCUT2D eigenvalue weighted by Crippen LogP contribution is -2.87. The van der Waals surface area contributed by atoms with Crippen molar-refractivity contribution in [3.8, 4) is 5.75 Å². The Labute approximate surface area is 172 Å². The van der Waals surface area contributed by atoms with Gasteiger partial charge >= 0.3 is 11.9 Å². The first-order valence-corrected chi connectivity index (χ1v) is 10.3. The van der Waals surface area contributed by atoms with Gasteiger partial charge in [0.2, 0.25) is 0 Å². The monoisotopic (exact) mass is 480 g/mol. The van der Waals surface area contributed by atoms with Gasteiger partial charge in [0, 0.05) is 12.8 Å². The fourth-order valence-electron chi connectivity index (χ4n) is 3.22. The average Bonchev–Trinajstić information content (AvgIpc) is 2.70. The van der Waals surface area contributed by atoms with Gasteiger partial charge in [-0.25, -0.2) is 4.79 Å². The Bertz CT molecular complexity index is 784. The number of alkyl halides is 1. The maximum absolute atomic E-state index is 12.8. The number of rotatable bonds is 5. The zero-order chi connectivity index (χ0) is 19.3. The second-order valence-electron chi connectivity index (χ2n) is 6.68. The first-order chi connectivity index (χ1) is 13.0. The second kappa shape index (κ2) is 8.84. The van der Waals surface area contributed by atoms with Crippen molar-refractivity contribution in [2.24, 2.45) is 0 Å². The number of halogens is 1. The number of nitrogens with two attached hydrogens (primary N) is 1. The number of carbonyl (C=O) groups excluding carboxylic acids is 2. The van der Waals surface area contributed by atoms with E-state index in [9.17, 15) is 9.59 Å². The van der Waals surface area contributed by atoms with Gasteiger partial charge in [0.15, 0.2) is 0 Å². The van der Waals surface area contributed by atoms with Crippen LogP contribution in [-0.4, -0.2) is 29.0 Å². The lowest BCUT2D eigenvalue weighted by atomic mass is 9.84. The van der Waals surface area contributed by atoms with Gasteiger partial charge in [-0.1, -0.05) is 52.9 Å². The van der Waals surface area contributed by atoms with Crippen LogP contribution in [-0.2, 0) is 15.1 Å². The van der Waals surface area contributed by atoms with E-state index in [2.05, 4.69) is 5.32 Å². The molecule has 1 fully saturated rings. The summed E-state index contributed by atoms with van der Waals surface area (Å²) >= 11 is 2.00. The number of esters is 2. The van der Waals surface area contributed by atoms with Crippen LogP contribution in [0.4, 0.5) is 0 Å². The van der Waals surface area contributed by atoms with Gasteiger partial charge in [-0.3, -0.25) is 4.79 Å². The highest BCUT2D eigenvalue weighted by Crippen LogP contribution is 2.34. The van der Waals surface area contributed by atoms with Gasteiger partial charge in [-0.2, -0.15) is 0 Å². The summed E-state index contributed by atoms with van der Waals surface area (Å²) in [5, 5.41) is 2.24. The molecule has 0 aliphatic carbocycles. The Balaban J connectivity index is 1.75. The largest absolute Gasteiger partial charge is 0.450 e. The van der Waals surface area contributed by atoms with Crippen molar-refractivity contribution >= 4 is 34.5 Å². The molecule has 1 saturated heterocycles. The zero-order valence-corrected chi connectivity index (χ0v) is 17.3. The summed E-state index contributed by atoms with van der Waals surface area (Å²) in [6, 6.07) is 16.5. The summed E-state index contributed by atoms with van der Waals surface area (Å²) in [6.07, 6.45) is 1.57. The minimum Gasteiger partial charge on any atom is -0.450 e. The van der Waals surface area contributed by atoms with E-state index in [4.69, 9.17) is 9.47 Å². The molecule has 0 spiro atoms. The van der Waals surface area contributed by atoms with Crippen molar-refractivity contribution in [1.29, 1.82) is 0 Å². The molecular weight excluding hydrogens is 457 g/mol. The number of benzene rings is 2. The third-order valence-electron chi connectivity index (χ3n) is 4.73. The predicted molar refractivity (Wildman–Crippen MR) is 110 cm³/mol. The molecule has 6 heteroatoms. The highest BCUT2D eigenvalue weighted by molar-refractivity contribution is 14.1. The fourth-order valence-corrected chi connectivity index (χ4v) is 3.35. The molecule has 0 bridgehead atoms. The second-order valence-corrected chi connectivity index (χ2v) is 8.55.